The van der Waals surface area contributed by atoms with E-state index in [1.54, 1.807) is 7.11 Å². The van der Waals surface area contributed by atoms with Crippen molar-refractivity contribution in [1.82, 2.24) is 4.90 Å². The predicted octanol–water partition coefficient (Wildman–Crippen LogP) is 1.12. The highest BCUT2D eigenvalue weighted by atomic mass is 16.5. The quantitative estimate of drug-likeness (QED) is 0.703. The van der Waals surface area contributed by atoms with Crippen LogP contribution in [0.3, 0.4) is 0 Å². The van der Waals surface area contributed by atoms with Crippen molar-refractivity contribution in [2.45, 2.75) is 6.92 Å². The molecule has 0 unspecified atom stereocenters. The van der Waals surface area contributed by atoms with Gasteiger partial charge in [0.25, 0.3) is 0 Å². The first-order valence-corrected chi connectivity index (χ1v) is 6.09. The summed E-state index contributed by atoms with van der Waals surface area (Å²) in [5.74, 6) is 0.0725. The summed E-state index contributed by atoms with van der Waals surface area (Å²) in [6.07, 6.45) is 0. The minimum atomic E-state index is 0.0464. The number of methoxy groups -OCH3 is 1. The van der Waals surface area contributed by atoms with Crippen molar-refractivity contribution in [3.8, 4) is 0 Å². The number of carbonyl (C=O) groups is 1. The smallest absolute Gasteiger partial charge is 0.176 e. The van der Waals surface area contributed by atoms with Crippen LogP contribution < -0.4 is 0 Å². The Kier molecular flexibility index (Phi) is 6.57. The van der Waals surface area contributed by atoms with Crippen LogP contribution in [0.25, 0.3) is 0 Å². The van der Waals surface area contributed by atoms with Crippen LogP contribution in [0, 0.1) is 6.92 Å². The van der Waals surface area contributed by atoms with Crippen molar-refractivity contribution < 1.29 is 14.6 Å². The summed E-state index contributed by atoms with van der Waals surface area (Å²) in [4.78, 5) is 14.0. The molecule has 0 bridgehead atoms. The lowest BCUT2D eigenvalue weighted by Crippen LogP contribution is -2.35. The molecule has 18 heavy (non-hydrogen) atoms. The van der Waals surface area contributed by atoms with Gasteiger partial charge in [-0.3, -0.25) is 9.69 Å². The zero-order chi connectivity index (χ0) is 13.4. The van der Waals surface area contributed by atoms with E-state index < -0.39 is 0 Å². The fraction of sp³-hybridized carbons (Fsp3) is 0.500. The van der Waals surface area contributed by atoms with Gasteiger partial charge in [0.2, 0.25) is 0 Å². The summed E-state index contributed by atoms with van der Waals surface area (Å²) >= 11 is 0. The van der Waals surface area contributed by atoms with Crippen molar-refractivity contribution in [1.29, 1.82) is 0 Å². The van der Waals surface area contributed by atoms with E-state index >= 15 is 0 Å². The molecular weight excluding hydrogens is 230 g/mol. The Morgan fingerprint density at radius 3 is 2.78 bits per heavy atom. The molecule has 0 saturated carbocycles. The molecule has 0 radical (unpaired) electrons. The van der Waals surface area contributed by atoms with Crippen LogP contribution in [0.4, 0.5) is 0 Å². The molecule has 0 atom stereocenters. The van der Waals surface area contributed by atoms with Crippen molar-refractivity contribution >= 4 is 5.78 Å². The number of hydrogen-bond donors (Lipinski definition) is 1. The lowest BCUT2D eigenvalue weighted by atomic mass is 10.1. The van der Waals surface area contributed by atoms with Gasteiger partial charge < -0.3 is 9.84 Å². The van der Waals surface area contributed by atoms with Gasteiger partial charge in [0.05, 0.1) is 19.8 Å². The van der Waals surface area contributed by atoms with Crippen LogP contribution >= 0.6 is 0 Å². The fourth-order valence-corrected chi connectivity index (χ4v) is 1.74. The first-order chi connectivity index (χ1) is 8.67. The SMILES string of the molecule is COCCN(CCO)CC(=O)c1cccc(C)c1. The van der Waals surface area contributed by atoms with Gasteiger partial charge in [-0.25, -0.2) is 0 Å². The molecule has 1 rings (SSSR count). The molecule has 0 amide bonds. The molecule has 0 aliphatic carbocycles. The number of aryl methyl sites for hydroxylation is 1. The first kappa shape index (κ1) is 14.8. The maximum Gasteiger partial charge on any atom is 0.176 e. The standard InChI is InChI=1S/C14H21NO3/c1-12-4-3-5-13(10-12)14(17)11-15(6-8-16)7-9-18-2/h3-5,10,16H,6-9,11H2,1-2H3. The number of hydrogen-bond acceptors (Lipinski definition) is 4. The molecule has 0 aromatic heterocycles. The van der Waals surface area contributed by atoms with Gasteiger partial charge in [0.1, 0.15) is 0 Å². The van der Waals surface area contributed by atoms with E-state index in [0.717, 1.165) is 11.1 Å². The zero-order valence-electron chi connectivity index (χ0n) is 11.1. The third-order valence-electron chi connectivity index (χ3n) is 2.74. The molecule has 0 spiro atoms. The summed E-state index contributed by atoms with van der Waals surface area (Å²) in [7, 11) is 1.62. The molecule has 1 aromatic carbocycles. The fourth-order valence-electron chi connectivity index (χ4n) is 1.74. The van der Waals surface area contributed by atoms with Crippen LogP contribution in [0.2, 0.25) is 0 Å². The monoisotopic (exact) mass is 251 g/mol. The zero-order valence-corrected chi connectivity index (χ0v) is 11.1. The number of carbonyl (C=O) groups excluding carboxylic acids is 1. The summed E-state index contributed by atoms with van der Waals surface area (Å²) in [5, 5.41) is 8.97. The summed E-state index contributed by atoms with van der Waals surface area (Å²) in [5.41, 5.74) is 1.79. The number of aliphatic hydroxyl groups is 1. The van der Waals surface area contributed by atoms with Gasteiger partial charge in [-0.1, -0.05) is 23.8 Å². The maximum atomic E-state index is 12.1. The minimum Gasteiger partial charge on any atom is -0.395 e. The Morgan fingerprint density at radius 1 is 1.39 bits per heavy atom. The number of nitrogens with zero attached hydrogens (tertiary/aromatic N) is 1. The van der Waals surface area contributed by atoms with E-state index in [9.17, 15) is 4.79 Å². The second-order valence-electron chi connectivity index (χ2n) is 4.29. The van der Waals surface area contributed by atoms with E-state index in [1.807, 2.05) is 36.1 Å². The van der Waals surface area contributed by atoms with Gasteiger partial charge in [0, 0.05) is 25.8 Å². The van der Waals surface area contributed by atoms with Gasteiger partial charge in [0.15, 0.2) is 5.78 Å². The topological polar surface area (TPSA) is 49.8 Å². The molecule has 100 valence electrons. The number of ether oxygens (including phenoxy) is 1. The molecule has 0 aliphatic rings. The number of ketones is 1. The Labute approximate surface area is 108 Å². The van der Waals surface area contributed by atoms with Crippen LogP contribution in [0.5, 0.6) is 0 Å². The molecule has 0 saturated heterocycles. The average Bonchev–Trinajstić information content (AvgIpc) is 2.36. The molecule has 1 aromatic rings. The third kappa shape index (κ3) is 4.96. The highest BCUT2D eigenvalue weighted by molar-refractivity contribution is 5.97. The Hall–Kier alpha value is -1.23. The van der Waals surface area contributed by atoms with E-state index in [0.29, 0.717) is 26.2 Å². The summed E-state index contributed by atoms with van der Waals surface area (Å²) in [6, 6.07) is 7.56. The second-order valence-corrected chi connectivity index (χ2v) is 4.29. The Bertz CT molecular complexity index is 379. The minimum absolute atomic E-state index is 0.0464. The Balaban J connectivity index is 2.59. The van der Waals surface area contributed by atoms with Gasteiger partial charge in [-0.15, -0.1) is 0 Å². The van der Waals surface area contributed by atoms with Crippen LogP contribution in [-0.4, -0.2) is 55.7 Å². The Morgan fingerprint density at radius 2 is 2.17 bits per heavy atom. The molecular formula is C14H21NO3. The lowest BCUT2D eigenvalue weighted by molar-refractivity contribution is 0.0868. The van der Waals surface area contributed by atoms with Crippen molar-refractivity contribution in [2.24, 2.45) is 0 Å². The van der Waals surface area contributed by atoms with Crippen molar-refractivity contribution in [2.75, 3.05) is 40.0 Å². The average molecular weight is 251 g/mol. The summed E-state index contributed by atoms with van der Waals surface area (Å²) < 4.78 is 4.99. The van der Waals surface area contributed by atoms with Crippen LogP contribution in [0.1, 0.15) is 15.9 Å². The van der Waals surface area contributed by atoms with Crippen LogP contribution in [-0.2, 0) is 4.74 Å². The number of aliphatic hydroxyl groups excluding tert-OH is 1. The molecule has 0 aliphatic heterocycles. The third-order valence-corrected chi connectivity index (χ3v) is 2.74. The largest absolute Gasteiger partial charge is 0.395 e. The molecule has 1 N–H and O–H groups in total. The van der Waals surface area contributed by atoms with Gasteiger partial charge in [-0.05, 0) is 13.0 Å². The summed E-state index contributed by atoms with van der Waals surface area (Å²) in [6.45, 7) is 4.02. The normalized spacial score (nSPS) is 10.9. The number of Topliss-reactive ketones (excluding diaryl/α,β-unsaturated/α-hetero) is 1. The first-order valence-electron chi connectivity index (χ1n) is 6.09. The highest BCUT2D eigenvalue weighted by Crippen LogP contribution is 2.06. The molecule has 0 fully saturated rings. The lowest BCUT2D eigenvalue weighted by Gasteiger charge is -2.19. The maximum absolute atomic E-state index is 12.1. The van der Waals surface area contributed by atoms with Gasteiger partial charge >= 0.3 is 0 Å². The van der Waals surface area contributed by atoms with E-state index in [2.05, 4.69) is 0 Å². The second kappa shape index (κ2) is 7.97. The van der Waals surface area contributed by atoms with Crippen molar-refractivity contribution in [3.63, 3.8) is 0 Å². The molecule has 4 heteroatoms. The van der Waals surface area contributed by atoms with Crippen LogP contribution in [0.15, 0.2) is 24.3 Å². The van der Waals surface area contributed by atoms with E-state index in [1.165, 1.54) is 0 Å². The highest BCUT2D eigenvalue weighted by Gasteiger charge is 2.12. The number of rotatable bonds is 8. The molecule has 0 heterocycles. The van der Waals surface area contributed by atoms with Crippen molar-refractivity contribution in [3.05, 3.63) is 35.4 Å². The van der Waals surface area contributed by atoms with E-state index in [4.69, 9.17) is 9.84 Å². The molecule has 4 nitrogen and oxygen atoms in total. The number of benzene rings is 1. The van der Waals surface area contributed by atoms with E-state index in [-0.39, 0.29) is 12.4 Å². The predicted molar refractivity (Wildman–Crippen MR) is 70.9 cm³/mol. The van der Waals surface area contributed by atoms with Gasteiger partial charge in [-0.2, -0.15) is 0 Å².